The lowest BCUT2D eigenvalue weighted by molar-refractivity contribution is -0.0811. The first-order valence-electron chi connectivity index (χ1n) is 16.0. The van der Waals surface area contributed by atoms with Gasteiger partial charge in [0.05, 0.1) is 26.4 Å². The summed E-state index contributed by atoms with van der Waals surface area (Å²) in [6.45, 7) is 10.9. The Bertz CT molecular complexity index is 1720. The van der Waals surface area contributed by atoms with Gasteiger partial charge in [-0.3, -0.25) is 9.78 Å². The second kappa shape index (κ2) is 14.2. The van der Waals surface area contributed by atoms with Gasteiger partial charge in [-0.25, -0.2) is 4.79 Å². The first kappa shape index (κ1) is 35.3. The third-order valence-corrected chi connectivity index (χ3v) is 14.1. The fraction of sp³-hybridized carbons (Fsp3) is 0.405. The molecule has 0 unspecified atom stereocenters. The van der Waals surface area contributed by atoms with E-state index in [1.165, 1.54) is 6.20 Å². The van der Waals surface area contributed by atoms with Crippen LogP contribution >= 0.6 is 0 Å². The topological polar surface area (TPSA) is 121 Å². The average Bonchev–Trinajstić information content (AvgIpc) is 3.41. The van der Waals surface area contributed by atoms with Crippen LogP contribution in [0.15, 0.2) is 94.6 Å². The molecule has 1 aliphatic rings. The van der Waals surface area contributed by atoms with Crippen LogP contribution in [0.3, 0.4) is 0 Å². The molecule has 0 aliphatic carbocycles. The number of benzene rings is 3. The molecular formula is C37H46N2O8Si. The number of hydrogen-bond donors (Lipinski definition) is 2. The quantitative estimate of drug-likeness (QED) is 0.140. The molecule has 1 aromatic heterocycles. The van der Waals surface area contributed by atoms with Crippen molar-refractivity contribution in [3.05, 3.63) is 128 Å². The highest BCUT2D eigenvalue weighted by atomic mass is 28.4. The van der Waals surface area contributed by atoms with Crippen molar-refractivity contribution in [1.82, 2.24) is 9.97 Å². The van der Waals surface area contributed by atoms with E-state index in [4.69, 9.17) is 28.1 Å². The van der Waals surface area contributed by atoms with Gasteiger partial charge in [0.25, 0.3) is 5.56 Å². The fourth-order valence-corrected chi connectivity index (χ4v) is 7.26. The minimum atomic E-state index is -2.40. The maximum absolute atomic E-state index is 13.0. The maximum Gasteiger partial charge on any atom is 0.325 e. The van der Waals surface area contributed by atoms with Crippen molar-refractivity contribution in [1.29, 1.82) is 0 Å². The molecule has 0 radical (unpaired) electrons. The molecule has 48 heavy (non-hydrogen) atoms. The predicted octanol–water partition coefficient (Wildman–Crippen LogP) is 5.93. The number of aromatic nitrogens is 2. The highest BCUT2D eigenvalue weighted by molar-refractivity contribution is 6.74. The Morgan fingerprint density at radius 3 is 1.79 bits per heavy atom. The summed E-state index contributed by atoms with van der Waals surface area (Å²) in [4.78, 5) is 29.8. The number of H-pyrrole nitrogens is 2. The van der Waals surface area contributed by atoms with E-state index in [0.29, 0.717) is 11.5 Å². The molecule has 0 spiro atoms. The zero-order chi connectivity index (χ0) is 34.7. The first-order valence-corrected chi connectivity index (χ1v) is 18.9. The van der Waals surface area contributed by atoms with Gasteiger partial charge in [0.15, 0.2) is 8.32 Å². The van der Waals surface area contributed by atoms with Crippen LogP contribution in [0, 0.1) is 0 Å². The summed E-state index contributed by atoms with van der Waals surface area (Å²) in [6, 6.07) is 25.6. The number of rotatable bonds is 12. The number of nitrogens with one attached hydrogen (secondary N) is 2. The lowest BCUT2D eigenvalue weighted by Crippen LogP contribution is -2.50. The molecule has 1 fully saturated rings. The molecule has 0 amide bonds. The van der Waals surface area contributed by atoms with Crippen LogP contribution in [0.25, 0.3) is 0 Å². The maximum atomic E-state index is 13.0. The minimum Gasteiger partial charge on any atom is -0.497 e. The molecule has 3 aromatic carbocycles. The summed E-state index contributed by atoms with van der Waals surface area (Å²) in [6.07, 6.45) is -1.35. The largest absolute Gasteiger partial charge is 0.497 e. The summed E-state index contributed by atoms with van der Waals surface area (Å²) in [5.41, 5.74) is 0.642. The fourth-order valence-electron chi connectivity index (χ4n) is 5.94. The van der Waals surface area contributed by atoms with Gasteiger partial charge in [0.1, 0.15) is 41.5 Å². The van der Waals surface area contributed by atoms with Crippen molar-refractivity contribution in [3.63, 3.8) is 0 Å². The Labute approximate surface area is 282 Å². The summed E-state index contributed by atoms with van der Waals surface area (Å²) in [5, 5.41) is -0.121. The van der Waals surface area contributed by atoms with Gasteiger partial charge in [-0.2, -0.15) is 0 Å². The summed E-state index contributed by atoms with van der Waals surface area (Å²) in [5.74, 6) is 1.43. The van der Waals surface area contributed by atoms with Crippen LogP contribution in [0.2, 0.25) is 18.1 Å². The molecule has 4 atom stereocenters. The highest BCUT2D eigenvalue weighted by Crippen LogP contribution is 2.46. The zero-order valence-electron chi connectivity index (χ0n) is 28.9. The molecule has 5 rings (SSSR count). The van der Waals surface area contributed by atoms with Gasteiger partial charge in [-0.1, -0.05) is 75.4 Å². The van der Waals surface area contributed by atoms with Crippen molar-refractivity contribution in [2.24, 2.45) is 0 Å². The number of aromatic amines is 2. The van der Waals surface area contributed by atoms with Crippen molar-refractivity contribution < 1.29 is 28.1 Å². The summed E-state index contributed by atoms with van der Waals surface area (Å²) < 4.78 is 38.0. The van der Waals surface area contributed by atoms with Crippen molar-refractivity contribution in [3.8, 4) is 11.5 Å². The van der Waals surface area contributed by atoms with Gasteiger partial charge in [-0.15, -0.1) is 0 Å². The summed E-state index contributed by atoms with van der Waals surface area (Å²) in [7, 11) is 2.45. The lowest BCUT2D eigenvalue weighted by atomic mass is 9.80. The van der Waals surface area contributed by atoms with E-state index in [1.54, 1.807) is 21.3 Å². The van der Waals surface area contributed by atoms with Gasteiger partial charge in [0, 0.05) is 13.3 Å². The highest BCUT2D eigenvalue weighted by Gasteiger charge is 2.52. The van der Waals surface area contributed by atoms with Crippen molar-refractivity contribution in [2.45, 2.75) is 68.9 Å². The van der Waals surface area contributed by atoms with Crippen LogP contribution in [-0.2, 0) is 24.2 Å². The van der Waals surface area contributed by atoms with Crippen LogP contribution < -0.4 is 20.7 Å². The predicted molar refractivity (Wildman–Crippen MR) is 186 cm³/mol. The second-order valence-electron chi connectivity index (χ2n) is 13.5. The van der Waals surface area contributed by atoms with Crippen LogP contribution in [0.5, 0.6) is 11.5 Å². The van der Waals surface area contributed by atoms with Crippen molar-refractivity contribution >= 4 is 8.32 Å². The SMILES string of the molecule is COc1ccc(C(OC[C@H]2O[C@@H](c3c[nH]c(=O)[nH]c3=O)[C@H](OC)[C@@H]2O[Si](C)(C)C(C)(C)C)(c2ccccc2)c2ccc(OC)cc2)cc1. The monoisotopic (exact) mass is 674 g/mol. The molecule has 1 saturated heterocycles. The Morgan fingerprint density at radius 2 is 1.31 bits per heavy atom. The normalized spacial score (nSPS) is 20.1. The van der Waals surface area contributed by atoms with Crippen LogP contribution in [0.1, 0.15) is 49.1 Å². The van der Waals surface area contributed by atoms with E-state index in [1.807, 2.05) is 78.9 Å². The molecule has 256 valence electrons. The molecule has 4 aromatic rings. The van der Waals surface area contributed by atoms with E-state index in [9.17, 15) is 9.59 Å². The molecule has 1 aliphatic heterocycles. The van der Waals surface area contributed by atoms with E-state index < -0.39 is 49.6 Å². The van der Waals surface area contributed by atoms with E-state index >= 15 is 0 Å². The van der Waals surface area contributed by atoms with Crippen LogP contribution in [0.4, 0.5) is 0 Å². The van der Waals surface area contributed by atoms with E-state index in [2.05, 4.69) is 43.8 Å². The van der Waals surface area contributed by atoms with E-state index in [-0.39, 0.29) is 17.2 Å². The smallest absolute Gasteiger partial charge is 0.325 e. The molecule has 0 saturated carbocycles. The Morgan fingerprint density at radius 1 is 0.771 bits per heavy atom. The Hall–Kier alpha value is -4.00. The third kappa shape index (κ3) is 6.92. The molecule has 11 heteroatoms. The average molecular weight is 675 g/mol. The minimum absolute atomic E-state index is 0.0733. The molecule has 0 bridgehead atoms. The van der Waals surface area contributed by atoms with Gasteiger partial charge < -0.3 is 33.1 Å². The molecular weight excluding hydrogens is 628 g/mol. The molecule has 2 heterocycles. The zero-order valence-corrected chi connectivity index (χ0v) is 29.9. The Kier molecular flexibility index (Phi) is 10.5. The van der Waals surface area contributed by atoms with Gasteiger partial charge in [-0.05, 0) is 59.1 Å². The van der Waals surface area contributed by atoms with Crippen molar-refractivity contribution in [2.75, 3.05) is 27.9 Å². The van der Waals surface area contributed by atoms with Gasteiger partial charge in [0.2, 0.25) is 0 Å². The van der Waals surface area contributed by atoms with Gasteiger partial charge >= 0.3 is 5.69 Å². The molecule has 2 N–H and O–H groups in total. The van der Waals surface area contributed by atoms with Crippen LogP contribution in [-0.4, -0.2) is 64.5 Å². The van der Waals surface area contributed by atoms with E-state index in [0.717, 1.165) is 16.7 Å². The number of methoxy groups -OCH3 is 3. The standard InChI is InChI=1S/C37H46N2O8Si/c1-36(2,3)48(7,8)47-32-30(46-31(33(32)44-6)29-22-38-35(41)39-34(29)40)23-45-37(24-12-10-9-11-13-24,25-14-18-27(42-4)19-15-25)26-16-20-28(43-5)21-17-26/h9-22,30-33H,23H2,1-8H3,(H2,38,39,40,41)/t30-,31+,32-,33+/m1/s1. The third-order valence-electron chi connectivity index (χ3n) is 9.61. The lowest BCUT2D eigenvalue weighted by Gasteiger charge is -2.41. The molecule has 10 nitrogen and oxygen atoms in total. The Balaban J connectivity index is 1.64. The summed E-state index contributed by atoms with van der Waals surface area (Å²) >= 11 is 0. The second-order valence-corrected chi connectivity index (χ2v) is 18.2. The number of hydrogen-bond acceptors (Lipinski definition) is 8. The first-order chi connectivity index (χ1) is 22.8. The number of ether oxygens (including phenoxy) is 5.